The van der Waals surface area contributed by atoms with Crippen molar-refractivity contribution in [3.63, 3.8) is 0 Å². The number of methoxy groups -OCH3 is 2. The number of benzene rings is 2. The Labute approximate surface area is 245 Å². The Hall–Kier alpha value is -4.41. The van der Waals surface area contributed by atoms with Gasteiger partial charge in [0.1, 0.15) is 12.2 Å². The number of anilines is 1. The zero-order valence-electron chi connectivity index (χ0n) is 24.8. The summed E-state index contributed by atoms with van der Waals surface area (Å²) in [5.74, 6) is -0.0177. The molecule has 1 atom stereocenters. The number of aromatic amines is 1. The fourth-order valence-electron chi connectivity index (χ4n) is 4.46. The lowest BCUT2D eigenvalue weighted by atomic mass is 10.0. The number of H-pyrrole nitrogens is 1. The van der Waals surface area contributed by atoms with E-state index in [-0.39, 0.29) is 17.5 Å². The number of pyridine rings is 1. The molecular formula is C32H40N4O6. The Kier molecular flexibility index (Phi) is 11.9. The number of hydrogen-bond donors (Lipinski definition) is 4. The van der Waals surface area contributed by atoms with E-state index in [4.69, 9.17) is 19.9 Å². The van der Waals surface area contributed by atoms with E-state index >= 15 is 0 Å². The normalized spacial score (nSPS) is 12.4. The molecular weight excluding hydrogens is 536 g/mol. The summed E-state index contributed by atoms with van der Waals surface area (Å²) >= 11 is 0. The van der Waals surface area contributed by atoms with Gasteiger partial charge < -0.3 is 35.6 Å². The van der Waals surface area contributed by atoms with Crippen molar-refractivity contribution < 1.29 is 23.8 Å². The first-order valence-corrected chi connectivity index (χ1v) is 13.9. The van der Waals surface area contributed by atoms with Gasteiger partial charge in [0.05, 0.1) is 25.3 Å². The Morgan fingerprint density at radius 3 is 2.52 bits per heavy atom. The highest BCUT2D eigenvalue weighted by atomic mass is 16.5. The molecule has 224 valence electrons. The molecule has 0 fully saturated rings. The first-order chi connectivity index (χ1) is 20.3. The molecule has 0 aliphatic rings. The maximum atomic E-state index is 13.3. The monoisotopic (exact) mass is 576 g/mol. The van der Waals surface area contributed by atoms with E-state index in [9.17, 15) is 14.4 Å². The van der Waals surface area contributed by atoms with E-state index < -0.39 is 11.5 Å². The average Bonchev–Trinajstić information content (AvgIpc) is 2.97. The SMILES string of the molecule is C/C=C\C(=C/CC)C(CCN)NC(=O)c1ccc(C)c(NC(=O)c2cc3cc(OCCOC)c(OC)cc3[nH]c2=O)c1. The molecule has 1 aromatic heterocycles. The maximum Gasteiger partial charge on any atom is 0.261 e. The Morgan fingerprint density at radius 1 is 1.07 bits per heavy atom. The van der Waals surface area contributed by atoms with Crippen molar-refractivity contribution in [2.75, 3.05) is 39.3 Å². The Morgan fingerprint density at radius 2 is 1.86 bits per heavy atom. The van der Waals surface area contributed by atoms with Crippen LogP contribution >= 0.6 is 0 Å². The molecule has 0 aliphatic carbocycles. The van der Waals surface area contributed by atoms with Gasteiger partial charge in [-0.15, -0.1) is 0 Å². The smallest absolute Gasteiger partial charge is 0.261 e. The third-order valence-corrected chi connectivity index (χ3v) is 6.63. The number of ether oxygens (including phenoxy) is 3. The molecule has 3 rings (SSSR count). The molecule has 0 bridgehead atoms. The Bertz CT molecular complexity index is 1530. The van der Waals surface area contributed by atoms with Crippen molar-refractivity contribution in [1.29, 1.82) is 0 Å². The fourth-order valence-corrected chi connectivity index (χ4v) is 4.46. The van der Waals surface area contributed by atoms with E-state index in [0.717, 1.165) is 17.6 Å². The van der Waals surface area contributed by atoms with E-state index in [1.807, 2.05) is 32.9 Å². The standard InChI is InChI=1S/C32H40N4O6/c1-6-8-21(9-7-2)25(12-13-33)34-30(37)22-11-10-20(3)26(17-22)35-31(38)24-16-23-18-29(42-15-14-40-4)28(41-5)19-27(23)36-32(24)39/h6,8-11,16-19,25H,7,12-15,33H2,1-5H3,(H,34,37)(H,35,38)(H,36,39)/b8-6-,21-9+. The van der Waals surface area contributed by atoms with Gasteiger partial charge in [-0.1, -0.05) is 31.2 Å². The molecule has 0 saturated heterocycles. The molecule has 2 amide bonds. The predicted molar refractivity (Wildman–Crippen MR) is 166 cm³/mol. The number of hydrogen-bond acceptors (Lipinski definition) is 7. The molecule has 0 spiro atoms. The van der Waals surface area contributed by atoms with Gasteiger partial charge in [-0.3, -0.25) is 14.4 Å². The topological polar surface area (TPSA) is 145 Å². The van der Waals surface area contributed by atoms with Crippen molar-refractivity contribution in [1.82, 2.24) is 10.3 Å². The van der Waals surface area contributed by atoms with E-state index in [2.05, 4.69) is 21.7 Å². The molecule has 10 heteroatoms. The summed E-state index contributed by atoms with van der Waals surface area (Å²) in [6, 6.07) is 9.62. The lowest BCUT2D eigenvalue weighted by Gasteiger charge is -2.20. The van der Waals surface area contributed by atoms with Gasteiger partial charge in [0.25, 0.3) is 17.4 Å². The number of carbonyl (C=O) groups excluding carboxylic acids is 2. The largest absolute Gasteiger partial charge is 0.493 e. The molecule has 2 aromatic carbocycles. The van der Waals surface area contributed by atoms with Crippen molar-refractivity contribution in [2.45, 2.75) is 39.7 Å². The molecule has 1 heterocycles. The van der Waals surface area contributed by atoms with Crippen molar-refractivity contribution >= 4 is 28.4 Å². The molecule has 42 heavy (non-hydrogen) atoms. The van der Waals surface area contributed by atoms with Crippen molar-refractivity contribution in [3.05, 3.63) is 87.2 Å². The summed E-state index contributed by atoms with van der Waals surface area (Å²) in [4.78, 5) is 42.2. The fraction of sp³-hybridized carbons (Fsp3) is 0.344. The highest BCUT2D eigenvalue weighted by molar-refractivity contribution is 6.07. The minimum atomic E-state index is -0.612. The minimum absolute atomic E-state index is 0.0894. The van der Waals surface area contributed by atoms with Crippen LogP contribution in [0.5, 0.6) is 11.5 Å². The summed E-state index contributed by atoms with van der Waals surface area (Å²) in [6.45, 7) is 6.86. The van der Waals surface area contributed by atoms with E-state index in [1.165, 1.54) is 13.2 Å². The van der Waals surface area contributed by atoms with Crippen LogP contribution in [0.4, 0.5) is 5.69 Å². The van der Waals surface area contributed by atoms with Gasteiger partial charge in [0.2, 0.25) is 0 Å². The summed E-state index contributed by atoms with van der Waals surface area (Å²) in [6.07, 6.45) is 7.36. The summed E-state index contributed by atoms with van der Waals surface area (Å²) in [7, 11) is 3.08. The average molecular weight is 577 g/mol. The van der Waals surface area contributed by atoms with Crippen LogP contribution in [-0.2, 0) is 4.74 Å². The zero-order valence-corrected chi connectivity index (χ0v) is 24.8. The molecule has 0 saturated carbocycles. The van der Waals surface area contributed by atoms with E-state index in [1.54, 1.807) is 37.4 Å². The van der Waals surface area contributed by atoms with Crippen LogP contribution in [0.15, 0.2) is 65.0 Å². The third-order valence-electron chi connectivity index (χ3n) is 6.63. The van der Waals surface area contributed by atoms with Crippen molar-refractivity contribution in [2.24, 2.45) is 5.73 Å². The third kappa shape index (κ3) is 8.08. The molecule has 10 nitrogen and oxygen atoms in total. The number of aromatic nitrogens is 1. The maximum absolute atomic E-state index is 13.3. The highest BCUT2D eigenvalue weighted by Crippen LogP contribution is 2.31. The number of nitrogens with one attached hydrogen (secondary N) is 3. The summed E-state index contributed by atoms with van der Waals surface area (Å²) in [5.41, 5.74) is 8.16. The number of aryl methyl sites for hydroxylation is 1. The van der Waals surface area contributed by atoms with Gasteiger partial charge >= 0.3 is 0 Å². The summed E-state index contributed by atoms with van der Waals surface area (Å²) in [5, 5.41) is 6.44. The number of carbonyl (C=O) groups is 2. The second-order valence-corrected chi connectivity index (χ2v) is 9.64. The summed E-state index contributed by atoms with van der Waals surface area (Å²) < 4.78 is 16.2. The number of fused-ring (bicyclic) bond motifs is 1. The molecule has 0 radical (unpaired) electrons. The lowest BCUT2D eigenvalue weighted by molar-refractivity contribution is 0.0940. The highest BCUT2D eigenvalue weighted by Gasteiger charge is 2.19. The number of rotatable bonds is 14. The quantitative estimate of drug-likeness (QED) is 0.164. The lowest BCUT2D eigenvalue weighted by Crippen LogP contribution is -2.37. The van der Waals surface area contributed by atoms with Gasteiger partial charge in [0, 0.05) is 29.8 Å². The molecule has 3 aromatic rings. The molecule has 5 N–H and O–H groups in total. The van der Waals surface area contributed by atoms with Gasteiger partial charge in [-0.2, -0.15) is 0 Å². The Balaban J connectivity index is 1.88. The zero-order chi connectivity index (χ0) is 30.6. The van der Waals surface area contributed by atoms with Crippen molar-refractivity contribution in [3.8, 4) is 11.5 Å². The van der Waals surface area contributed by atoms with E-state index in [0.29, 0.717) is 59.8 Å². The first kappa shape index (κ1) is 32.1. The minimum Gasteiger partial charge on any atom is -0.493 e. The van der Waals surface area contributed by atoms with Crippen LogP contribution in [0.25, 0.3) is 10.9 Å². The number of nitrogens with two attached hydrogens (primary N) is 1. The van der Waals surface area contributed by atoms with Gasteiger partial charge in [-0.25, -0.2) is 0 Å². The van der Waals surface area contributed by atoms with Crippen LogP contribution in [0, 0.1) is 6.92 Å². The van der Waals surface area contributed by atoms with Gasteiger partial charge in [-0.05, 0) is 68.6 Å². The van der Waals surface area contributed by atoms with Crippen LogP contribution in [0.1, 0.15) is 53.0 Å². The molecule has 1 unspecified atom stereocenters. The second kappa shape index (κ2) is 15.6. The second-order valence-electron chi connectivity index (χ2n) is 9.64. The first-order valence-electron chi connectivity index (χ1n) is 13.9. The van der Waals surface area contributed by atoms with Crippen LogP contribution in [-0.4, -0.2) is 56.8 Å². The van der Waals surface area contributed by atoms with Crippen LogP contribution < -0.4 is 31.4 Å². The van der Waals surface area contributed by atoms with Gasteiger partial charge in [0.15, 0.2) is 11.5 Å². The van der Waals surface area contributed by atoms with Crippen LogP contribution in [0.2, 0.25) is 0 Å². The number of amides is 2. The number of allylic oxidation sites excluding steroid dienone is 2. The predicted octanol–water partition coefficient (Wildman–Crippen LogP) is 4.48. The molecule has 0 aliphatic heterocycles. The van der Waals surface area contributed by atoms with Crippen LogP contribution in [0.3, 0.4) is 0 Å².